The van der Waals surface area contributed by atoms with Crippen molar-refractivity contribution >= 4 is 17.6 Å². The topological polar surface area (TPSA) is 46.5 Å². The first kappa shape index (κ1) is 15.4. The molecule has 4 heteroatoms. The standard InChI is InChI=1S/C17H17ClO3/c1-12-9-14(7-8-16(19)20)10-15(18)17(12)21-11-13-5-3-2-4-6-13/h2-6,9-10H,7-8,11H2,1H3,(H,19,20). The highest BCUT2D eigenvalue weighted by atomic mass is 35.5. The predicted molar refractivity (Wildman–Crippen MR) is 82.9 cm³/mol. The van der Waals surface area contributed by atoms with E-state index >= 15 is 0 Å². The van der Waals surface area contributed by atoms with Crippen molar-refractivity contribution in [1.82, 2.24) is 0 Å². The number of carboxylic acid groups (broad SMARTS) is 1. The number of carboxylic acids is 1. The maximum absolute atomic E-state index is 10.6. The van der Waals surface area contributed by atoms with Crippen LogP contribution in [0.5, 0.6) is 5.75 Å². The first-order valence-electron chi connectivity index (χ1n) is 6.74. The van der Waals surface area contributed by atoms with Gasteiger partial charge in [-0.1, -0.05) is 48.0 Å². The third-order valence-electron chi connectivity index (χ3n) is 3.14. The van der Waals surface area contributed by atoms with Crippen LogP contribution in [0.25, 0.3) is 0 Å². The summed E-state index contributed by atoms with van der Waals surface area (Å²) in [7, 11) is 0. The lowest BCUT2D eigenvalue weighted by atomic mass is 10.1. The number of ether oxygens (including phenoxy) is 1. The van der Waals surface area contributed by atoms with Crippen molar-refractivity contribution < 1.29 is 14.6 Å². The van der Waals surface area contributed by atoms with Gasteiger partial charge in [0, 0.05) is 6.42 Å². The molecule has 0 atom stereocenters. The third-order valence-corrected chi connectivity index (χ3v) is 3.42. The van der Waals surface area contributed by atoms with E-state index in [9.17, 15) is 4.79 Å². The predicted octanol–water partition coefficient (Wildman–Crippen LogP) is 4.24. The van der Waals surface area contributed by atoms with Crippen LogP contribution < -0.4 is 4.74 Å². The van der Waals surface area contributed by atoms with Gasteiger partial charge in [-0.05, 0) is 36.1 Å². The number of hydrogen-bond donors (Lipinski definition) is 1. The van der Waals surface area contributed by atoms with Gasteiger partial charge in [-0.2, -0.15) is 0 Å². The van der Waals surface area contributed by atoms with Crippen LogP contribution >= 0.6 is 11.6 Å². The van der Waals surface area contributed by atoms with Crippen LogP contribution in [0.2, 0.25) is 5.02 Å². The molecule has 0 aromatic heterocycles. The van der Waals surface area contributed by atoms with E-state index in [1.54, 1.807) is 6.07 Å². The van der Waals surface area contributed by atoms with Gasteiger partial charge >= 0.3 is 5.97 Å². The molecule has 0 aliphatic carbocycles. The number of hydrogen-bond acceptors (Lipinski definition) is 2. The molecule has 0 aliphatic heterocycles. The molecule has 21 heavy (non-hydrogen) atoms. The van der Waals surface area contributed by atoms with Crippen LogP contribution in [0.4, 0.5) is 0 Å². The average molecular weight is 305 g/mol. The molecule has 110 valence electrons. The smallest absolute Gasteiger partial charge is 0.303 e. The summed E-state index contributed by atoms with van der Waals surface area (Å²) >= 11 is 6.24. The summed E-state index contributed by atoms with van der Waals surface area (Å²) in [6.45, 7) is 2.37. The lowest BCUT2D eigenvalue weighted by Gasteiger charge is -2.13. The van der Waals surface area contributed by atoms with E-state index in [-0.39, 0.29) is 6.42 Å². The van der Waals surface area contributed by atoms with E-state index < -0.39 is 5.97 Å². The summed E-state index contributed by atoms with van der Waals surface area (Å²) in [5.74, 6) is -0.159. The van der Waals surface area contributed by atoms with E-state index in [0.717, 1.165) is 16.7 Å². The van der Waals surface area contributed by atoms with Crippen LogP contribution in [0, 0.1) is 6.92 Å². The van der Waals surface area contributed by atoms with Gasteiger partial charge in [0.1, 0.15) is 12.4 Å². The highest BCUT2D eigenvalue weighted by Crippen LogP contribution is 2.31. The van der Waals surface area contributed by atoms with Gasteiger partial charge in [-0.25, -0.2) is 0 Å². The molecule has 0 fully saturated rings. The van der Waals surface area contributed by atoms with E-state index in [4.69, 9.17) is 21.4 Å². The summed E-state index contributed by atoms with van der Waals surface area (Å²) < 4.78 is 5.79. The second-order valence-corrected chi connectivity index (χ2v) is 5.30. The molecule has 0 spiro atoms. The molecular weight excluding hydrogens is 288 g/mol. The molecular formula is C17H17ClO3. The number of rotatable bonds is 6. The largest absolute Gasteiger partial charge is 0.487 e. The van der Waals surface area contributed by atoms with E-state index in [2.05, 4.69) is 0 Å². The van der Waals surface area contributed by atoms with Crippen molar-refractivity contribution in [2.45, 2.75) is 26.4 Å². The first-order chi connectivity index (χ1) is 10.1. The fourth-order valence-corrected chi connectivity index (χ4v) is 2.45. The fraction of sp³-hybridized carbons (Fsp3) is 0.235. The van der Waals surface area contributed by atoms with Gasteiger partial charge in [-0.15, -0.1) is 0 Å². The fourth-order valence-electron chi connectivity index (χ4n) is 2.11. The molecule has 0 aliphatic rings. The minimum atomic E-state index is -0.812. The van der Waals surface area contributed by atoms with Gasteiger partial charge in [0.15, 0.2) is 0 Å². The van der Waals surface area contributed by atoms with Crippen molar-refractivity contribution in [3.8, 4) is 5.75 Å². The van der Waals surface area contributed by atoms with Crippen molar-refractivity contribution in [2.24, 2.45) is 0 Å². The van der Waals surface area contributed by atoms with Crippen molar-refractivity contribution in [1.29, 1.82) is 0 Å². The molecule has 2 aromatic rings. The zero-order valence-corrected chi connectivity index (χ0v) is 12.6. The molecule has 0 radical (unpaired) electrons. The molecule has 1 N–H and O–H groups in total. The Labute approximate surface area is 129 Å². The quantitative estimate of drug-likeness (QED) is 0.868. The molecule has 2 aromatic carbocycles. The maximum Gasteiger partial charge on any atom is 0.303 e. The minimum absolute atomic E-state index is 0.0972. The number of halogens is 1. The Balaban J connectivity index is 2.08. The highest BCUT2D eigenvalue weighted by molar-refractivity contribution is 6.32. The molecule has 0 unspecified atom stereocenters. The van der Waals surface area contributed by atoms with Crippen molar-refractivity contribution in [2.75, 3.05) is 0 Å². The molecule has 0 saturated carbocycles. The normalized spacial score (nSPS) is 10.4. The zero-order valence-electron chi connectivity index (χ0n) is 11.8. The van der Waals surface area contributed by atoms with E-state index in [0.29, 0.717) is 23.8 Å². The number of aryl methyl sites for hydroxylation is 2. The van der Waals surface area contributed by atoms with Gasteiger partial charge in [0.2, 0.25) is 0 Å². The highest BCUT2D eigenvalue weighted by Gasteiger charge is 2.09. The van der Waals surface area contributed by atoms with Gasteiger partial charge in [0.25, 0.3) is 0 Å². The Bertz CT molecular complexity index is 600. The monoisotopic (exact) mass is 304 g/mol. The van der Waals surface area contributed by atoms with Crippen LogP contribution in [0.15, 0.2) is 42.5 Å². The lowest BCUT2D eigenvalue weighted by Crippen LogP contribution is -2.00. The van der Waals surface area contributed by atoms with Crippen LogP contribution in [0.3, 0.4) is 0 Å². The lowest BCUT2D eigenvalue weighted by molar-refractivity contribution is -0.136. The molecule has 0 amide bonds. The summed E-state index contributed by atoms with van der Waals surface area (Å²) in [4.78, 5) is 10.6. The first-order valence-corrected chi connectivity index (χ1v) is 7.11. The molecule has 0 heterocycles. The third kappa shape index (κ3) is 4.50. The Kier molecular flexibility index (Phi) is 5.23. The second kappa shape index (κ2) is 7.14. The van der Waals surface area contributed by atoms with Gasteiger partial charge < -0.3 is 9.84 Å². The minimum Gasteiger partial charge on any atom is -0.487 e. The molecule has 3 nitrogen and oxygen atoms in total. The number of aliphatic carboxylic acids is 1. The Morgan fingerprint density at radius 3 is 2.52 bits per heavy atom. The average Bonchev–Trinajstić information content (AvgIpc) is 2.45. The Hall–Kier alpha value is -2.00. The van der Waals surface area contributed by atoms with Crippen molar-refractivity contribution in [3.05, 3.63) is 64.2 Å². The summed E-state index contributed by atoms with van der Waals surface area (Å²) in [5.41, 5.74) is 2.90. The SMILES string of the molecule is Cc1cc(CCC(=O)O)cc(Cl)c1OCc1ccccc1. The van der Waals surface area contributed by atoms with E-state index in [1.165, 1.54) is 0 Å². The van der Waals surface area contributed by atoms with E-state index in [1.807, 2.05) is 43.3 Å². The summed E-state index contributed by atoms with van der Waals surface area (Å²) in [6, 6.07) is 13.6. The molecule has 0 bridgehead atoms. The molecule has 0 saturated heterocycles. The second-order valence-electron chi connectivity index (χ2n) is 4.89. The van der Waals surface area contributed by atoms with Gasteiger partial charge in [0.05, 0.1) is 5.02 Å². The Morgan fingerprint density at radius 1 is 1.19 bits per heavy atom. The van der Waals surface area contributed by atoms with Crippen LogP contribution in [0.1, 0.15) is 23.1 Å². The van der Waals surface area contributed by atoms with Gasteiger partial charge in [-0.3, -0.25) is 4.79 Å². The zero-order chi connectivity index (χ0) is 15.2. The number of carbonyl (C=O) groups is 1. The van der Waals surface area contributed by atoms with Crippen LogP contribution in [-0.2, 0) is 17.8 Å². The van der Waals surface area contributed by atoms with Crippen molar-refractivity contribution in [3.63, 3.8) is 0 Å². The Morgan fingerprint density at radius 2 is 1.90 bits per heavy atom. The number of benzene rings is 2. The molecule has 2 rings (SSSR count). The maximum atomic E-state index is 10.6. The summed E-state index contributed by atoms with van der Waals surface area (Å²) in [5, 5.41) is 9.24. The van der Waals surface area contributed by atoms with Crippen LogP contribution in [-0.4, -0.2) is 11.1 Å². The summed E-state index contributed by atoms with van der Waals surface area (Å²) in [6.07, 6.45) is 0.564.